The molecular weight excluding hydrogens is 349 g/mol. The van der Waals surface area contributed by atoms with Gasteiger partial charge in [-0.25, -0.2) is 4.39 Å². The molecule has 6 nitrogen and oxygen atoms in total. The van der Waals surface area contributed by atoms with Crippen molar-refractivity contribution in [1.82, 2.24) is 15.1 Å². The summed E-state index contributed by atoms with van der Waals surface area (Å²) in [4.78, 5) is 27.0. The summed E-state index contributed by atoms with van der Waals surface area (Å²) in [6, 6.07) is 4.70. The van der Waals surface area contributed by atoms with E-state index in [1.807, 2.05) is 4.90 Å². The average Bonchev–Trinajstić information content (AvgIpc) is 2.59. The molecule has 0 saturated carbocycles. The summed E-state index contributed by atoms with van der Waals surface area (Å²) in [7, 11) is 1.32. The Balaban J connectivity index is 1.71. The highest BCUT2D eigenvalue weighted by Crippen LogP contribution is 2.21. The fourth-order valence-corrected chi connectivity index (χ4v) is 2.90. The van der Waals surface area contributed by atoms with Crippen molar-refractivity contribution >= 4 is 23.5 Å². The van der Waals surface area contributed by atoms with E-state index in [1.165, 1.54) is 13.2 Å². The van der Waals surface area contributed by atoms with Crippen LogP contribution in [0.5, 0.6) is 0 Å². The number of nitrogens with one attached hydrogen (secondary N) is 1. The zero-order valence-corrected chi connectivity index (χ0v) is 15.0. The van der Waals surface area contributed by atoms with Gasteiger partial charge in [0.05, 0.1) is 20.1 Å². The van der Waals surface area contributed by atoms with Crippen molar-refractivity contribution in [3.63, 3.8) is 0 Å². The molecular formula is C17H23ClFN3O3. The molecule has 8 heteroatoms. The van der Waals surface area contributed by atoms with Crippen LogP contribution in [0.2, 0.25) is 5.02 Å². The van der Waals surface area contributed by atoms with E-state index in [1.54, 1.807) is 12.1 Å². The van der Waals surface area contributed by atoms with Crippen LogP contribution in [0.1, 0.15) is 12.0 Å². The minimum absolute atomic E-state index is 0.116. The Morgan fingerprint density at radius 3 is 2.56 bits per heavy atom. The maximum atomic E-state index is 13.8. The van der Waals surface area contributed by atoms with Gasteiger partial charge in [0.15, 0.2) is 0 Å². The van der Waals surface area contributed by atoms with Crippen molar-refractivity contribution in [3.8, 4) is 0 Å². The van der Waals surface area contributed by atoms with Crippen LogP contribution in [-0.4, -0.2) is 68.1 Å². The third-order valence-corrected chi connectivity index (χ3v) is 4.51. The standard InChI is InChI=1S/C17H23ClFN3O3/c1-25-17(24)5-6-20-16(23)12-22-9-7-21(8-10-22)11-13-14(18)3-2-4-15(13)19/h2-4H,5-12H2,1H3,(H,20,23). The van der Waals surface area contributed by atoms with Crippen LogP contribution >= 0.6 is 11.6 Å². The number of amides is 1. The number of carbonyl (C=O) groups excluding carboxylic acids is 2. The van der Waals surface area contributed by atoms with Gasteiger partial charge in [-0.15, -0.1) is 0 Å². The second-order valence-corrected chi connectivity index (χ2v) is 6.34. The Morgan fingerprint density at radius 1 is 1.24 bits per heavy atom. The minimum Gasteiger partial charge on any atom is -0.469 e. The van der Waals surface area contributed by atoms with E-state index in [0.717, 1.165) is 26.2 Å². The van der Waals surface area contributed by atoms with Gasteiger partial charge in [-0.05, 0) is 12.1 Å². The fraction of sp³-hybridized carbons (Fsp3) is 0.529. The maximum Gasteiger partial charge on any atom is 0.307 e. The van der Waals surface area contributed by atoms with Crippen molar-refractivity contribution in [3.05, 3.63) is 34.6 Å². The van der Waals surface area contributed by atoms with Crippen molar-refractivity contribution in [2.75, 3.05) is 46.4 Å². The van der Waals surface area contributed by atoms with Crippen molar-refractivity contribution in [1.29, 1.82) is 0 Å². The third-order valence-electron chi connectivity index (χ3n) is 4.15. The summed E-state index contributed by atoms with van der Waals surface area (Å²) in [5, 5.41) is 3.14. The molecule has 0 spiro atoms. The molecule has 0 radical (unpaired) electrons. The van der Waals surface area contributed by atoms with Crippen LogP contribution in [-0.2, 0) is 20.9 Å². The Bertz CT molecular complexity index is 587. The molecule has 0 bridgehead atoms. The van der Waals surface area contributed by atoms with E-state index in [4.69, 9.17) is 11.6 Å². The lowest BCUT2D eigenvalue weighted by molar-refractivity contribution is -0.140. The van der Waals surface area contributed by atoms with Gasteiger partial charge in [-0.1, -0.05) is 17.7 Å². The lowest BCUT2D eigenvalue weighted by Crippen LogP contribution is -2.49. The van der Waals surface area contributed by atoms with E-state index in [9.17, 15) is 14.0 Å². The molecule has 0 unspecified atom stereocenters. The highest BCUT2D eigenvalue weighted by Gasteiger charge is 2.20. The van der Waals surface area contributed by atoms with E-state index in [-0.39, 0.29) is 37.2 Å². The Morgan fingerprint density at radius 2 is 1.92 bits per heavy atom. The lowest BCUT2D eigenvalue weighted by Gasteiger charge is -2.34. The molecule has 1 amide bonds. The molecule has 1 N–H and O–H groups in total. The van der Waals surface area contributed by atoms with Crippen LogP contribution in [0.15, 0.2) is 18.2 Å². The number of halogens is 2. The summed E-state index contributed by atoms with van der Waals surface area (Å²) >= 11 is 6.06. The first-order valence-corrected chi connectivity index (χ1v) is 8.58. The predicted molar refractivity (Wildman–Crippen MR) is 92.8 cm³/mol. The number of nitrogens with zero attached hydrogens (tertiary/aromatic N) is 2. The van der Waals surface area contributed by atoms with Gasteiger partial charge >= 0.3 is 5.97 Å². The molecule has 25 heavy (non-hydrogen) atoms. The van der Waals surface area contributed by atoms with E-state index < -0.39 is 0 Å². The predicted octanol–water partition coefficient (Wildman–Crippen LogP) is 1.28. The molecule has 0 aliphatic carbocycles. The minimum atomic E-state index is -0.347. The number of methoxy groups -OCH3 is 1. The normalized spacial score (nSPS) is 15.8. The second kappa shape index (κ2) is 9.70. The van der Waals surface area contributed by atoms with Crippen LogP contribution in [0, 0.1) is 5.82 Å². The van der Waals surface area contributed by atoms with Gasteiger partial charge in [-0.3, -0.25) is 19.4 Å². The quantitative estimate of drug-likeness (QED) is 0.731. The Hall–Kier alpha value is -1.70. The first kappa shape index (κ1) is 19.6. The SMILES string of the molecule is COC(=O)CCNC(=O)CN1CCN(Cc2c(F)cccc2Cl)CC1. The molecule has 0 atom stereocenters. The van der Waals surface area contributed by atoms with Crippen LogP contribution in [0.3, 0.4) is 0 Å². The van der Waals surface area contributed by atoms with Crippen molar-refractivity contribution in [2.24, 2.45) is 0 Å². The molecule has 1 heterocycles. The van der Waals surface area contributed by atoms with Crippen LogP contribution in [0.25, 0.3) is 0 Å². The topological polar surface area (TPSA) is 61.9 Å². The van der Waals surface area contributed by atoms with E-state index >= 15 is 0 Å². The van der Waals surface area contributed by atoms with E-state index in [2.05, 4.69) is 15.0 Å². The molecule has 1 saturated heterocycles. The lowest BCUT2D eigenvalue weighted by atomic mass is 10.2. The van der Waals surface area contributed by atoms with Gasteiger partial charge in [-0.2, -0.15) is 0 Å². The summed E-state index contributed by atoms with van der Waals surface area (Å²) in [5.41, 5.74) is 0.512. The van der Waals surface area contributed by atoms with Gasteiger partial charge in [0.2, 0.25) is 5.91 Å². The van der Waals surface area contributed by atoms with Gasteiger partial charge in [0.1, 0.15) is 5.82 Å². The van der Waals surface area contributed by atoms with Gasteiger partial charge in [0, 0.05) is 49.9 Å². The summed E-state index contributed by atoms with van der Waals surface area (Å²) in [6.07, 6.45) is 0.166. The Kier molecular flexibility index (Phi) is 7.61. The summed E-state index contributed by atoms with van der Waals surface area (Å²) < 4.78 is 18.4. The smallest absolute Gasteiger partial charge is 0.307 e. The molecule has 0 aromatic heterocycles. The van der Waals surface area contributed by atoms with E-state index in [0.29, 0.717) is 17.1 Å². The maximum absolute atomic E-state index is 13.8. The highest BCUT2D eigenvalue weighted by atomic mass is 35.5. The first-order chi connectivity index (χ1) is 12.0. The number of ether oxygens (including phenoxy) is 1. The molecule has 1 aliphatic rings. The van der Waals surface area contributed by atoms with Gasteiger partial charge in [0.25, 0.3) is 0 Å². The molecule has 1 aromatic carbocycles. The zero-order valence-electron chi connectivity index (χ0n) is 14.3. The number of hydrogen-bond acceptors (Lipinski definition) is 5. The molecule has 1 aliphatic heterocycles. The van der Waals surface area contributed by atoms with Crippen LogP contribution in [0.4, 0.5) is 4.39 Å². The second-order valence-electron chi connectivity index (χ2n) is 5.93. The average molecular weight is 372 g/mol. The first-order valence-electron chi connectivity index (χ1n) is 8.20. The number of rotatable bonds is 7. The number of benzene rings is 1. The molecule has 2 rings (SSSR count). The monoisotopic (exact) mass is 371 g/mol. The van der Waals surface area contributed by atoms with Gasteiger partial charge < -0.3 is 10.1 Å². The van der Waals surface area contributed by atoms with Crippen molar-refractivity contribution < 1.29 is 18.7 Å². The molecule has 1 aromatic rings. The molecule has 1 fully saturated rings. The number of esters is 1. The highest BCUT2D eigenvalue weighted by molar-refractivity contribution is 6.31. The number of carbonyl (C=O) groups is 2. The zero-order chi connectivity index (χ0) is 18.2. The largest absolute Gasteiger partial charge is 0.469 e. The van der Waals surface area contributed by atoms with Crippen LogP contribution < -0.4 is 5.32 Å². The Labute approximate surface area is 151 Å². The number of hydrogen-bond donors (Lipinski definition) is 1. The van der Waals surface area contributed by atoms with Crippen molar-refractivity contribution in [2.45, 2.75) is 13.0 Å². The summed E-state index contributed by atoms with van der Waals surface area (Å²) in [5.74, 6) is -0.755. The number of piperazine rings is 1. The summed E-state index contributed by atoms with van der Waals surface area (Å²) in [6.45, 7) is 3.94. The fourth-order valence-electron chi connectivity index (χ4n) is 2.68. The third kappa shape index (κ3) is 6.26. The molecule has 138 valence electrons.